The summed E-state index contributed by atoms with van der Waals surface area (Å²) in [5.41, 5.74) is 7.10. The van der Waals surface area contributed by atoms with Gasteiger partial charge in [-0.05, 0) is 18.0 Å². The first-order valence-electron chi connectivity index (χ1n) is 5.75. The van der Waals surface area contributed by atoms with E-state index in [9.17, 15) is 9.90 Å². The van der Waals surface area contributed by atoms with Gasteiger partial charge < -0.3 is 19.7 Å². The molecule has 3 rings (SSSR count). The Kier molecular flexibility index (Phi) is 2.50. The van der Waals surface area contributed by atoms with E-state index in [1.807, 2.05) is 35.9 Å². The summed E-state index contributed by atoms with van der Waals surface area (Å²) in [4.78, 5) is 12.4. The number of para-hydroxylation sites is 1. The molecule has 0 spiro atoms. The average molecular weight is 275 g/mol. The fourth-order valence-corrected chi connectivity index (χ4v) is 3.57. The van der Waals surface area contributed by atoms with E-state index >= 15 is 0 Å². The van der Waals surface area contributed by atoms with E-state index in [1.54, 1.807) is 11.4 Å². The van der Waals surface area contributed by atoms with Gasteiger partial charge >= 0.3 is 0 Å². The number of likely N-dealkylation sites (N-methyl/N-ethyl adjacent to an activating group) is 1. The molecule has 6 heteroatoms. The first-order chi connectivity index (χ1) is 9.02. The summed E-state index contributed by atoms with van der Waals surface area (Å²) in [7, 11) is 3.58. The summed E-state index contributed by atoms with van der Waals surface area (Å²) in [6.07, 6.45) is 0. The summed E-state index contributed by atoms with van der Waals surface area (Å²) in [5, 5.41) is 11.4. The van der Waals surface area contributed by atoms with Crippen molar-refractivity contribution in [1.82, 2.24) is 8.87 Å². The Morgan fingerprint density at radius 2 is 2.00 bits per heavy atom. The Morgan fingerprint density at radius 3 is 2.68 bits per heavy atom. The number of nitrogens with zero attached hydrogens (tertiary/aromatic N) is 2. The highest BCUT2D eigenvalue weighted by atomic mass is 32.2. The fraction of sp³-hybridized carbons (Fsp3) is 0.154. The van der Waals surface area contributed by atoms with Gasteiger partial charge in [-0.3, -0.25) is 4.79 Å². The molecule has 3 N–H and O–H groups in total. The number of primary amides is 1. The van der Waals surface area contributed by atoms with Crippen LogP contribution in [0.3, 0.4) is 0 Å². The molecule has 1 aromatic carbocycles. The van der Waals surface area contributed by atoms with E-state index in [4.69, 9.17) is 5.73 Å². The van der Waals surface area contributed by atoms with Gasteiger partial charge in [-0.25, -0.2) is 0 Å². The maximum absolute atomic E-state index is 11.5. The number of nitrogens with two attached hydrogens (primary N) is 1. The number of amides is 1. The minimum atomic E-state index is -0.636. The third-order valence-electron chi connectivity index (χ3n) is 3.29. The lowest BCUT2D eigenvalue weighted by atomic mass is 10.2. The molecule has 1 amide bonds. The molecule has 0 radical (unpaired) electrons. The standard InChI is InChI=1S/C13H13N3O2S/c1-15-8-6-4-3-5-7(8)12-9(15)11(17)10(13(14)18)16(2)19-12/h3-6,17H,1-2H3,(H2,14,18). The summed E-state index contributed by atoms with van der Waals surface area (Å²) in [6.45, 7) is 0. The second kappa shape index (κ2) is 3.96. The lowest BCUT2D eigenvalue weighted by Crippen LogP contribution is -2.28. The van der Waals surface area contributed by atoms with Gasteiger partial charge in [-0.2, -0.15) is 0 Å². The number of carbonyl (C=O) groups is 1. The number of benzene rings is 1. The predicted molar refractivity (Wildman–Crippen MR) is 75.3 cm³/mol. The number of aryl methyl sites for hydroxylation is 1. The normalized spacial score (nSPS) is 14.9. The van der Waals surface area contributed by atoms with E-state index in [0.29, 0.717) is 5.69 Å². The zero-order chi connectivity index (χ0) is 13.7. The van der Waals surface area contributed by atoms with E-state index in [1.165, 1.54) is 11.9 Å². The maximum Gasteiger partial charge on any atom is 0.269 e. The molecule has 2 heterocycles. The number of carbonyl (C=O) groups excluding carboxylic acids is 1. The molecule has 0 atom stereocenters. The zero-order valence-corrected chi connectivity index (χ0v) is 11.4. The monoisotopic (exact) mass is 275 g/mol. The lowest BCUT2D eigenvalue weighted by molar-refractivity contribution is -0.115. The first kappa shape index (κ1) is 12.0. The molecule has 0 unspecified atom stereocenters. The van der Waals surface area contributed by atoms with Crippen molar-refractivity contribution in [2.24, 2.45) is 12.8 Å². The van der Waals surface area contributed by atoms with Gasteiger partial charge in [-0.15, -0.1) is 0 Å². The van der Waals surface area contributed by atoms with Gasteiger partial charge in [0.05, 0.1) is 4.90 Å². The molecular formula is C13H13N3O2S. The molecule has 0 aliphatic carbocycles. The van der Waals surface area contributed by atoms with Crippen LogP contribution >= 0.6 is 11.9 Å². The van der Waals surface area contributed by atoms with Gasteiger partial charge in [0, 0.05) is 25.0 Å². The van der Waals surface area contributed by atoms with Crippen LogP contribution < -0.4 is 5.73 Å². The number of rotatable bonds is 1. The molecule has 1 aliphatic heterocycles. The lowest BCUT2D eigenvalue weighted by Gasteiger charge is -2.25. The van der Waals surface area contributed by atoms with Gasteiger partial charge in [0.15, 0.2) is 11.5 Å². The van der Waals surface area contributed by atoms with Crippen molar-refractivity contribution in [3.8, 4) is 0 Å². The number of hydrogen-bond donors (Lipinski definition) is 2. The highest BCUT2D eigenvalue weighted by Crippen LogP contribution is 2.43. The van der Waals surface area contributed by atoms with Crippen LogP contribution in [0.1, 0.15) is 5.69 Å². The summed E-state index contributed by atoms with van der Waals surface area (Å²) in [6, 6.07) is 7.87. The number of aliphatic hydroxyl groups excluding tert-OH is 1. The number of aromatic nitrogens is 1. The van der Waals surface area contributed by atoms with Crippen LogP contribution in [0.25, 0.3) is 16.7 Å². The number of hydrogen-bond acceptors (Lipinski definition) is 4. The second-order valence-electron chi connectivity index (χ2n) is 4.40. The van der Waals surface area contributed by atoms with Crippen molar-refractivity contribution < 1.29 is 9.90 Å². The van der Waals surface area contributed by atoms with Gasteiger partial charge in [0.25, 0.3) is 5.91 Å². The average Bonchev–Trinajstić information content (AvgIpc) is 2.63. The van der Waals surface area contributed by atoms with Crippen LogP contribution in [-0.2, 0) is 11.8 Å². The van der Waals surface area contributed by atoms with E-state index < -0.39 is 5.91 Å². The van der Waals surface area contributed by atoms with Crippen LogP contribution in [0, 0.1) is 0 Å². The van der Waals surface area contributed by atoms with Crippen LogP contribution in [-0.4, -0.2) is 26.9 Å². The van der Waals surface area contributed by atoms with Crippen molar-refractivity contribution >= 4 is 34.5 Å². The minimum absolute atomic E-state index is 0.0672. The topological polar surface area (TPSA) is 71.5 Å². The number of fused-ring (bicyclic) bond motifs is 3. The predicted octanol–water partition coefficient (Wildman–Crippen LogP) is 1.84. The quantitative estimate of drug-likeness (QED) is 0.779. The molecule has 0 saturated heterocycles. The minimum Gasteiger partial charge on any atom is -0.504 e. The molecule has 0 bridgehead atoms. The fourth-order valence-electron chi connectivity index (χ4n) is 2.43. The van der Waals surface area contributed by atoms with Crippen LogP contribution in [0.4, 0.5) is 0 Å². The summed E-state index contributed by atoms with van der Waals surface area (Å²) >= 11 is 1.40. The largest absolute Gasteiger partial charge is 0.504 e. The van der Waals surface area contributed by atoms with Crippen molar-refractivity contribution in [2.75, 3.05) is 7.05 Å². The van der Waals surface area contributed by atoms with Crippen molar-refractivity contribution in [2.45, 2.75) is 4.90 Å². The number of aliphatic hydroxyl groups is 1. The SMILES string of the molecule is CN1Sc2c(n(C)c3ccccc23)C(O)=C1C(N)=O. The molecule has 5 nitrogen and oxygen atoms in total. The highest BCUT2D eigenvalue weighted by molar-refractivity contribution is 7.97. The summed E-state index contributed by atoms with van der Waals surface area (Å²) < 4.78 is 3.48. The zero-order valence-electron chi connectivity index (χ0n) is 10.5. The molecule has 0 saturated carbocycles. The molecule has 0 fully saturated rings. The van der Waals surface area contributed by atoms with Crippen molar-refractivity contribution in [1.29, 1.82) is 0 Å². The molecule has 2 aromatic rings. The second-order valence-corrected chi connectivity index (χ2v) is 5.54. The Morgan fingerprint density at radius 1 is 1.32 bits per heavy atom. The summed E-state index contributed by atoms with van der Waals surface area (Å²) in [5.74, 6) is -0.703. The van der Waals surface area contributed by atoms with Gasteiger partial charge in [-0.1, -0.05) is 18.2 Å². The van der Waals surface area contributed by atoms with Gasteiger partial charge in [0.2, 0.25) is 0 Å². The Balaban J connectivity index is 2.40. The smallest absolute Gasteiger partial charge is 0.269 e. The third-order valence-corrected chi connectivity index (χ3v) is 4.34. The van der Waals surface area contributed by atoms with Crippen molar-refractivity contribution in [3.63, 3.8) is 0 Å². The van der Waals surface area contributed by atoms with E-state index in [-0.39, 0.29) is 11.5 Å². The van der Waals surface area contributed by atoms with Crippen LogP contribution in [0.2, 0.25) is 0 Å². The van der Waals surface area contributed by atoms with E-state index in [0.717, 1.165) is 15.8 Å². The van der Waals surface area contributed by atoms with E-state index in [2.05, 4.69) is 0 Å². The molecule has 1 aliphatic rings. The Labute approximate surface area is 114 Å². The molecule has 19 heavy (non-hydrogen) atoms. The Bertz CT molecular complexity index is 733. The van der Waals surface area contributed by atoms with Crippen LogP contribution in [0.15, 0.2) is 34.9 Å². The van der Waals surface area contributed by atoms with Crippen LogP contribution in [0.5, 0.6) is 0 Å². The Hall–Kier alpha value is -2.08. The van der Waals surface area contributed by atoms with Gasteiger partial charge in [0.1, 0.15) is 5.69 Å². The molecular weight excluding hydrogens is 262 g/mol. The molecule has 1 aromatic heterocycles. The third kappa shape index (κ3) is 1.53. The highest BCUT2D eigenvalue weighted by Gasteiger charge is 2.31. The first-order valence-corrected chi connectivity index (χ1v) is 6.52. The maximum atomic E-state index is 11.5. The molecule has 98 valence electrons. The van der Waals surface area contributed by atoms with Crippen molar-refractivity contribution in [3.05, 3.63) is 35.7 Å².